The van der Waals surface area contributed by atoms with Gasteiger partial charge in [0.1, 0.15) is 5.60 Å². The van der Waals surface area contributed by atoms with Gasteiger partial charge in [0, 0.05) is 32.9 Å². The van der Waals surface area contributed by atoms with Gasteiger partial charge < -0.3 is 23.5 Å². The molecule has 1 saturated heterocycles. The Bertz CT molecular complexity index is 1440. The lowest BCUT2D eigenvalue weighted by atomic mass is 10.1. The van der Waals surface area contributed by atoms with Crippen molar-refractivity contribution in [2.75, 3.05) is 13.1 Å². The van der Waals surface area contributed by atoms with E-state index in [4.69, 9.17) is 14.5 Å². The van der Waals surface area contributed by atoms with E-state index in [1.807, 2.05) is 20.8 Å². The molecule has 1 fully saturated rings. The number of likely N-dealkylation sites (tertiary alicyclic amines) is 1. The first-order chi connectivity index (χ1) is 19.7. The summed E-state index contributed by atoms with van der Waals surface area (Å²) < 4.78 is 17.6. The van der Waals surface area contributed by atoms with Crippen molar-refractivity contribution in [3.8, 4) is 11.5 Å². The van der Waals surface area contributed by atoms with E-state index in [1.54, 1.807) is 16.2 Å². The highest BCUT2D eigenvalue weighted by atomic mass is 32.1. The topological polar surface area (TPSA) is 61.5 Å². The molecule has 0 N–H and O–H groups in total. The Kier molecular flexibility index (Phi) is 9.19. The maximum Gasteiger partial charge on any atom is 0.410 e. The minimum atomic E-state index is -0.462. The minimum Gasteiger partial charge on any atom is -0.444 e. The predicted octanol–water partition coefficient (Wildman–Crippen LogP) is 7.60. The van der Waals surface area contributed by atoms with E-state index in [2.05, 4.69) is 71.1 Å². The molecule has 1 aliphatic rings. The van der Waals surface area contributed by atoms with Gasteiger partial charge in [-0.05, 0) is 81.5 Å². The summed E-state index contributed by atoms with van der Waals surface area (Å²) in [6.45, 7) is 10.8. The van der Waals surface area contributed by atoms with Gasteiger partial charge in [-0.3, -0.25) is 0 Å². The van der Waals surface area contributed by atoms with Crippen molar-refractivity contribution in [2.45, 2.75) is 91.1 Å². The van der Waals surface area contributed by atoms with Crippen molar-refractivity contribution in [1.29, 1.82) is 0 Å². The van der Waals surface area contributed by atoms with E-state index >= 15 is 0 Å². The van der Waals surface area contributed by atoms with Crippen molar-refractivity contribution < 1.29 is 14.3 Å². The lowest BCUT2D eigenvalue weighted by molar-refractivity contribution is -0.0170. The summed E-state index contributed by atoms with van der Waals surface area (Å²) in [5, 5.41) is 2.15. The van der Waals surface area contributed by atoms with Crippen LogP contribution in [0, 0.1) is 0 Å². The Hall–Kier alpha value is -3.10. The number of fused-ring (bicyclic) bond motifs is 1. The molecule has 4 aromatic rings. The van der Waals surface area contributed by atoms with Gasteiger partial charge in [-0.1, -0.05) is 37.6 Å². The van der Waals surface area contributed by atoms with Crippen LogP contribution in [0.15, 0.2) is 48.0 Å². The summed E-state index contributed by atoms with van der Waals surface area (Å²) in [6, 6.07) is 13.3. The summed E-state index contributed by atoms with van der Waals surface area (Å²) in [5.74, 6) is 1.07. The Balaban J connectivity index is 1.10. The van der Waals surface area contributed by atoms with Crippen LogP contribution >= 0.6 is 11.3 Å². The average molecular weight is 577 g/mol. The standard InChI is InChI=1S/C33H44N4O3S/c1-6-8-26-22-37(31(34-26)29-21-30-28(35(29)5)16-20-41-30)17-7-9-24-10-12-25(13-11-24)23-39-27-14-18-36(19-15-27)32(38)40-33(2,3)4/h10-13,16,20-22,27H,6-9,14-15,17-19,23H2,1-5H3. The molecule has 0 saturated carbocycles. The summed E-state index contributed by atoms with van der Waals surface area (Å²) in [4.78, 5) is 19.1. The van der Waals surface area contributed by atoms with Crippen LogP contribution in [0.3, 0.4) is 0 Å². The third-order valence-corrected chi connectivity index (χ3v) is 8.55. The van der Waals surface area contributed by atoms with E-state index in [-0.39, 0.29) is 12.2 Å². The number of rotatable bonds is 10. The number of piperidine rings is 1. The van der Waals surface area contributed by atoms with Crippen molar-refractivity contribution in [1.82, 2.24) is 19.0 Å². The van der Waals surface area contributed by atoms with Gasteiger partial charge in [-0.2, -0.15) is 0 Å². The molecule has 0 spiro atoms. The van der Waals surface area contributed by atoms with Gasteiger partial charge in [-0.15, -0.1) is 11.3 Å². The van der Waals surface area contributed by atoms with Gasteiger partial charge in [0.2, 0.25) is 0 Å². The van der Waals surface area contributed by atoms with Crippen LogP contribution in [0.25, 0.3) is 21.7 Å². The molecule has 1 amide bonds. The third kappa shape index (κ3) is 7.41. The zero-order valence-corrected chi connectivity index (χ0v) is 26.0. The molecule has 8 heteroatoms. The summed E-state index contributed by atoms with van der Waals surface area (Å²) in [5.41, 5.74) is 5.70. The predicted molar refractivity (Wildman–Crippen MR) is 166 cm³/mol. The fourth-order valence-corrected chi connectivity index (χ4v) is 6.34. The van der Waals surface area contributed by atoms with Gasteiger partial charge in [0.25, 0.3) is 0 Å². The molecular formula is C33H44N4O3S. The largest absolute Gasteiger partial charge is 0.444 e. The van der Waals surface area contributed by atoms with Crippen LogP contribution in [0.1, 0.15) is 70.2 Å². The van der Waals surface area contributed by atoms with Gasteiger partial charge in [-0.25, -0.2) is 9.78 Å². The normalized spacial score (nSPS) is 14.7. The molecule has 0 atom stereocenters. The van der Waals surface area contributed by atoms with E-state index < -0.39 is 5.60 Å². The Morgan fingerprint density at radius 1 is 1.07 bits per heavy atom. The number of thiophene rings is 1. The number of benzene rings is 1. The number of carbonyl (C=O) groups is 1. The lowest BCUT2D eigenvalue weighted by Gasteiger charge is -2.33. The van der Waals surface area contributed by atoms with Crippen LogP contribution in [0.5, 0.6) is 0 Å². The molecule has 3 aromatic heterocycles. The number of aryl methyl sites for hydroxylation is 4. The van der Waals surface area contributed by atoms with Crippen LogP contribution in [0.4, 0.5) is 4.79 Å². The van der Waals surface area contributed by atoms with Crippen molar-refractivity contribution >= 4 is 27.6 Å². The number of hydrogen-bond donors (Lipinski definition) is 0. The second-order valence-corrected chi connectivity index (χ2v) is 13.1. The number of aromatic nitrogens is 3. The Morgan fingerprint density at radius 3 is 2.49 bits per heavy atom. The first-order valence-electron chi connectivity index (χ1n) is 15.0. The van der Waals surface area contributed by atoms with E-state index in [0.29, 0.717) is 19.7 Å². The Morgan fingerprint density at radius 2 is 1.80 bits per heavy atom. The van der Waals surface area contributed by atoms with Crippen molar-refractivity contribution in [3.05, 3.63) is 64.8 Å². The second kappa shape index (κ2) is 12.8. The highest BCUT2D eigenvalue weighted by Gasteiger charge is 2.27. The zero-order valence-electron chi connectivity index (χ0n) is 25.2. The molecule has 7 nitrogen and oxygen atoms in total. The molecule has 1 aliphatic heterocycles. The molecule has 0 unspecified atom stereocenters. The molecule has 4 heterocycles. The highest BCUT2D eigenvalue weighted by Crippen LogP contribution is 2.30. The second-order valence-electron chi connectivity index (χ2n) is 12.2. The minimum absolute atomic E-state index is 0.176. The third-order valence-electron chi connectivity index (χ3n) is 7.69. The fraction of sp³-hybridized carbons (Fsp3) is 0.515. The van der Waals surface area contributed by atoms with E-state index in [9.17, 15) is 4.79 Å². The molecule has 0 bridgehead atoms. The van der Waals surface area contributed by atoms with Crippen LogP contribution in [-0.2, 0) is 42.5 Å². The smallest absolute Gasteiger partial charge is 0.410 e. The molecule has 41 heavy (non-hydrogen) atoms. The SMILES string of the molecule is CCCc1cn(CCCc2ccc(COC3CCN(C(=O)OC(C)(C)C)CC3)cc2)c(-c2cc3sccc3n2C)n1. The molecule has 0 radical (unpaired) electrons. The van der Waals surface area contributed by atoms with E-state index in [0.717, 1.165) is 50.9 Å². The first-order valence-corrected chi connectivity index (χ1v) is 15.8. The quantitative estimate of drug-likeness (QED) is 0.195. The molecule has 220 valence electrons. The lowest BCUT2D eigenvalue weighted by Crippen LogP contribution is -2.43. The summed E-state index contributed by atoms with van der Waals surface area (Å²) in [7, 11) is 2.14. The van der Waals surface area contributed by atoms with Crippen LogP contribution in [0.2, 0.25) is 0 Å². The maximum absolute atomic E-state index is 12.3. The van der Waals surface area contributed by atoms with Crippen LogP contribution in [-0.4, -0.2) is 49.9 Å². The summed E-state index contributed by atoms with van der Waals surface area (Å²) in [6.07, 6.45) is 8.06. The first kappa shape index (κ1) is 29.4. The average Bonchev–Trinajstić information content (AvgIpc) is 3.64. The number of nitrogens with zero attached hydrogens (tertiary/aromatic N) is 4. The number of carbonyl (C=O) groups excluding carboxylic acids is 1. The Labute approximate surface area is 248 Å². The van der Waals surface area contributed by atoms with Crippen LogP contribution < -0.4 is 0 Å². The van der Waals surface area contributed by atoms with E-state index in [1.165, 1.54) is 32.7 Å². The zero-order chi connectivity index (χ0) is 29.0. The van der Waals surface area contributed by atoms with Gasteiger partial charge in [0.15, 0.2) is 5.82 Å². The molecule has 5 rings (SSSR count). The van der Waals surface area contributed by atoms with Gasteiger partial charge >= 0.3 is 6.09 Å². The highest BCUT2D eigenvalue weighted by molar-refractivity contribution is 7.17. The molecular weight excluding hydrogens is 532 g/mol. The monoisotopic (exact) mass is 576 g/mol. The van der Waals surface area contributed by atoms with Crippen molar-refractivity contribution in [2.24, 2.45) is 7.05 Å². The van der Waals surface area contributed by atoms with Crippen molar-refractivity contribution in [3.63, 3.8) is 0 Å². The maximum atomic E-state index is 12.3. The molecule has 1 aromatic carbocycles. The fourth-order valence-electron chi connectivity index (χ4n) is 5.49. The number of hydrogen-bond acceptors (Lipinski definition) is 5. The molecule has 0 aliphatic carbocycles. The number of ether oxygens (including phenoxy) is 2. The van der Waals surface area contributed by atoms with Gasteiger partial charge in [0.05, 0.1) is 34.3 Å². The number of imidazole rings is 1. The summed E-state index contributed by atoms with van der Waals surface area (Å²) >= 11 is 1.78. The number of amides is 1.